The zero-order valence-corrected chi connectivity index (χ0v) is 14.4. The Hall–Kier alpha value is -0.380. The van der Waals surface area contributed by atoms with E-state index >= 15 is 0 Å². The number of nitrogens with two attached hydrogens (primary N) is 1. The van der Waals surface area contributed by atoms with E-state index < -0.39 is 0 Å². The molecule has 0 heterocycles. The molecule has 2 nitrogen and oxygen atoms in total. The maximum atomic E-state index is 6.30. The molecule has 0 spiro atoms. The summed E-state index contributed by atoms with van der Waals surface area (Å²) >= 11 is 3.57. The van der Waals surface area contributed by atoms with Crippen LogP contribution in [0, 0.1) is 5.41 Å². The quantitative estimate of drug-likeness (QED) is 0.878. The van der Waals surface area contributed by atoms with Crippen LogP contribution in [0.5, 0.6) is 0 Å². The lowest BCUT2D eigenvalue weighted by atomic mass is 9.87. The fourth-order valence-electron chi connectivity index (χ4n) is 2.13. The van der Waals surface area contributed by atoms with Crippen molar-refractivity contribution in [2.24, 2.45) is 11.1 Å². The molecule has 108 valence electrons. The van der Waals surface area contributed by atoms with E-state index in [2.05, 4.69) is 67.7 Å². The number of benzene rings is 1. The predicted molar refractivity (Wildman–Crippen MR) is 87.2 cm³/mol. The summed E-state index contributed by atoms with van der Waals surface area (Å²) in [6.45, 7) is 10.1. The highest BCUT2D eigenvalue weighted by Crippen LogP contribution is 2.26. The molecule has 0 amide bonds. The van der Waals surface area contributed by atoms with Gasteiger partial charge in [0, 0.05) is 16.6 Å². The molecule has 2 unspecified atom stereocenters. The summed E-state index contributed by atoms with van der Waals surface area (Å²) in [6, 6.07) is 8.85. The Morgan fingerprint density at radius 2 is 1.84 bits per heavy atom. The van der Waals surface area contributed by atoms with Crippen LogP contribution < -0.4 is 5.73 Å². The standard InChI is InChI=1S/C16H27BrN2/c1-12(16(2,3)4)19(5)11-10-15(18)13-8-6-7-9-14(13)17/h6-9,12,15H,10-11,18H2,1-5H3. The lowest BCUT2D eigenvalue weighted by Crippen LogP contribution is -2.40. The van der Waals surface area contributed by atoms with Crippen LogP contribution in [0.2, 0.25) is 0 Å². The number of hydrogen-bond acceptors (Lipinski definition) is 2. The van der Waals surface area contributed by atoms with E-state index in [1.165, 1.54) is 5.56 Å². The van der Waals surface area contributed by atoms with Crippen molar-refractivity contribution in [1.82, 2.24) is 4.90 Å². The van der Waals surface area contributed by atoms with Crippen LogP contribution >= 0.6 is 15.9 Å². The van der Waals surface area contributed by atoms with Crippen molar-refractivity contribution in [2.75, 3.05) is 13.6 Å². The molecular weight excluding hydrogens is 300 g/mol. The Morgan fingerprint density at radius 3 is 2.37 bits per heavy atom. The van der Waals surface area contributed by atoms with Crippen molar-refractivity contribution in [3.8, 4) is 0 Å². The average molecular weight is 327 g/mol. The summed E-state index contributed by atoms with van der Waals surface area (Å²) in [7, 11) is 2.18. The highest BCUT2D eigenvalue weighted by Gasteiger charge is 2.24. The summed E-state index contributed by atoms with van der Waals surface area (Å²) in [5.74, 6) is 0. The number of halogens is 1. The second kappa shape index (κ2) is 6.87. The van der Waals surface area contributed by atoms with Crippen molar-refractivity contribution >= 4 is 15.9 Å². The predicted octanol–water partition coefficient (Wildman–Crippen LogP) is 4.21. The van der Waals surface area contributed by atoms with Crippen LogP contribution in [0.3, 0.4) is 0 Å². The van der Waals surface area contributed by atoms with E-state index in [0.717, 1.165) is 17.4 Å². The Kier molecular flexibility index (Phi) is 6.03. The fourth-order valence-corrected chi connectivity index (χ4v) is 2.71. The minimum absolute atomic E-state index is 0.0881. The molecule has 2 N–H and O–H groups in total. The van der Waals surface area contributed by atoms with Crippen LogP contribution in [0.4, 0.5) is 0 Å². The van der Waals surface area contributed by atoms with E-state index in [4.69, 9.17) is 5.73 Å². The molecule has 0 saturated heterocycles. The lowest BCUT2D eigenvalue weighted by molar-refractivity contribution is 0.137. The molecule has 0 saturated carbocycles. The SMILES string of the molecule is CC(N(C)CCC(N)c1ccccc1Br)C(C)(C)C. The second-order valence-electron chi connectivity index (χ2n) is 6.44. The first-order valence-electron chi connectivity index (χ1n) is 6.93. The number of nitrogens with zero attached hydrogens (tertiary/aromatic N) is 1. The van der Waals surface area contributed by atoms with Gasteiger partial charge in [0.05, 0.1) is 0 Å². The van der Waals surface area contributed by atoms with Gasteiger partial charge in [0.25, 0.3) is 0 Å². The summed E-state index contributed by atoms with van der Waals surface area (Å²) in [6.07, 6.45) is 0.972. The highest BCUT2D eigenvalue weighted by molar-refractivity contribution is 9.10. The Labute approximate surface area is 126 Å². The van der Waals surface area contributed by atoms with Gasteiger partial charge in [-0.2, -0.15) is 0 Å². The van der Waals surface area contributed by atoms with E-state index in [1.54, 1.807) is 0 Å². The molecule has 1 rings (SSSR count). The van der Waals surface area contributed by atoms with Crippen molar-refractivity contribution in [3.05, 3.63) is 34.3 Å². The number of hydrogen-bond donors (Lipinski definition) is 1. The first kappa shape index (κ1) is 16.7. The fraction of sp³-hybridized carbons (Fsp3) is 0.625. The van der Waals surface area contributed by atoms with Crippen LogP contribution in [0.15, 0.2) is 28.7 Å². The molecule has 0 bridgehead atoms. The average Bonchev–Trinajstić information content (AvgIpc) is 2.34. The molecule has 0 fully saturated rings. The maximum Gasteiger partial charge on any atom is 0.0318 e. The third-order valence-electron chi connectivity index (χ3n) is 4.01. The smallest absolute Gasteiger partial charge is 0.0318 e. The largest absolute Gasteiger partial charge is 0.324 e. The van der Waals surface area contributed by atoms with E-state index in [0.29, 0.717) is 11.5 Å². The monoisotopic (exact) mass is 326 g/mol. The third-order valence-corrected chi connectivity index (χ3v) is 4.73. The van der Waals surface area contributed by atoms with Crippen molar-refractivity contribution in [1.29, 1.82) is 0 Å². The molecule has 3 heteroatoms. The summed E-state index contributed by atoms with van der Waals surface area (Å²) in [5.41, 5.74) is 7.79. The lowest BCUT2D eigenvalue weighted by Gasteiger charge is -2.35. The van der Waals surface area contributed by atoms with Crippen LogP contribution in [0.25, 0.3) is 0 Å². The van der Waals surface area contributed by atoms with Gasteiger partial charge in [-0.1, -0.05) is 54.9 Å². The minimum Gasteiger partial charge on any atom is -0.324 e. The van der Waals surface area contributed by atoms with Gasteiger partial charge >= 0.3 is 0 Å². The highest BCUT2D eigenvalue weighted by atomic mass is 79.9. The Morgan fingerprint density at radius 1 is 1.26 bits per heavy atom. The van der Waals surface area contributed by atoms with Crippen molar-refractivity contribution < 1.29 is 0 Å². The third kappa shape index (κ3) is 4.90. The molecule has 1 aromatic carbocycles. The zero-order chi connectivity index (χ0) is 14.6. The Bertz CT molecular complexity index is 398. The van der Waals surface area contributed by atoms with Gasteiger partial charge in [0.15, 0.2) is 0 Å². The molecule has 0 aliphatic heterocycles. The summed E-state index contributed by atoms with van der Waals surface area (Å²) < 4.78 is 1.11. The first-order chi connectivity index (χ1) is 8.73. The first-order valence-corrected chi connectivity index (χ1v) is 7.73. The molecule has 1 aromatic rings. The second-order valence-corrected chi connectivity index (χ2v) is 7.29. The molecule has 0 radical (unpaired) electrons. The minimum atomic E-state index is 0.0881. The molecular formula is C16H27BrN2. The summed E-state index contributed by atoms with van der Waals surface area (Å²) in [4.78, 5) is 2.40. The van der Waals surface area contributed by atoms with Crippen molar-refractivity contribution in [3.63, 3.8) is 0 Å². The molecule has 0 aliphatic carbocycles. The van der Waals surface area contributed by atoms with Crippen molar-refractivity contribution in [2.45, 2.75) is 46.2 Å². The van der Waals surface area contributed by atoms with E-state index in [1.807, 2.05) is 12.1 Å². The maximum absolute atomic E-state index is 6.30. The van der Waals surface area contributed by atoms with E-state index in [9.17, 15) is 0 Å². The Balaban J connectivity index is 2.56. The van der Waals surface area contributed by atoms with Gasteiger partial charge in [-0.05, 0) is 44.0 Å². The summed E-state index contributed by atoms with van der Waals surface area (Å²) in [5, 5.41) is 0. The van der Waals surface area contributed by atoms with Gasteiger partial charge in [0.2, 0.25) is 0 Å². The molecule has 19 heavy (non-hydrogen) atoms. The molecule has 0 aromatic heterocycles. The van der Waals surface area contributed by atoms with Gasteiger partial charge in [-0.25, -0.2) is 0 Å². The van der Waals surface area contributed by atoms with Crippen LogP contribution in [-0.2, 0) is 0 Å². The topological polar surface area (TPSA) is 29.3 Å². The van der Waals surface area contributed by atoms with Gasteiger partial charge < -0.3 is 10.6 Å². The van der Waals surface area contributed by atoms with Gasteiger partial charge in [0.1, 0.15) is 0 Å². The molecule has 0 aliphatic rings. The zero-order valence-electron chi connectivity index (χ0n) is 12.8. The van der Waals surface area contributed by atoms with Gasteiger partial charge in [-0.3, -0.25) is 0 Å². The normalized spacial score (nSPS) is 15.6. The van der Waals surface area contributed by atoms with Crippen LogP contribution in [0.1, 0.15) is 45.7 Å². The molecule has 2 atom stereocenters. The van der Waals surface area contributed by atoms with Crippen LogP contribution in [-0.4, -0.2) is 24.5 Å². The van der Waals surface area contributed by atoms with E-state index in [-0.39, 0.29) is 6.04 Å². The van der Waals surface area contributed by atoms with Gasteiger partial charge in [-0.15, -0.1) is 0 Å². The number of rotatable bonds is 5.